The first kappa shape index (κ1) is 22.9. The Morgan fingerprint density at radius 2 is 1.89 bits per heavy atom. The monoisotopic (exact) mass is 505 g/mol. The van der Waals surface area contributed by atoms with Crippen LogP contribution in [-0.4, -0.2) is 65.2 Å². The molecule has 4 aromatic heterocycles. The van der Waals surface area contributed by atoms with E-state index in [0.717, 1.165) is 65.9 Å². The SMILES string of the molecule is Cc1ncccc1-c1nc(C(=O)Nc2cc3sc(N4CCOCC4)nc3nc2N2CCCCC2)co1. The summed E-state index contributed by atoms with van der Waals surface area (Å²) in [6.45, 7) is 6.70. The maximum absolute atomic E-state index is 13.2. The van der Waals surface area contributed by atoms with E-state index in [-0.39, 0.29) is 11.6 Å². The van der Waals surface area contributed by atoms with Crippen molar-refractivity contribution in [3.8, 4) is 11.5 Å². The Morgan fingerprint density at radius 1 is 1.06 bits per heavy atom. The zero-order valence-corrected chi connectivity index (χ0v) is 20.9. The Hall–Kier alpha value is -3.57. The van der Waals surface area contributed by atoms with Gasteiger partial charge >= 0.3 is 0 Å². The Labute approximate surface area is 212 Å². The number of carbonyl (C=O) groups excluding carboxylic acids is 1. The van der Waals surface area contributed by atoms with Crippen molar-refractivity contribution in [2.24, 2.45) is 0 Å². The average Bonchev–Trinajstić information content (AvgIpc) is 3.57. The Kier molecular flexibility index (Phi) is 6.24. The predicted molar refractivity (Wildman–Crippen MR) is 139 cm³/mol. The minimum atomic E-state index is -0.344. The number of oxazole rings is 1. The molecule has 6 rings (SSSR count). The summed E-state index contributed by atoms with van der Waals surface area (Å²) in [4.78, 5) is 36.1. The number of thiazole rings is 1. The third kappa shape index (κ3) is 4.51. The molecule has 0 atom stereocenters. The number of carbonyl (C=O) groups is 1. The molecule has 2 fully saturated rings. The lowest BCUT2D eigenvalue weighted by Crippen LogP contribution is -2.36. The van der Waals surface area contributed by atoms with Crippen LogP contribution in [0.1, 0.15) is 35.4 Å². The van der Waals surface area contributed by atoms with E-state index in [9.17, 15) is 4.79 Å². The Bertz CT molecular complexity index is 1390. The van der Waals surface area contributed by atoms with E-state index < -0.39 is 0 Å². The summed E-state index contributed by atoms with van der Waals surface area (Å²) >= 11 is 1.59. The van der Waals surface area contributed by atoms with E-state index in [1.165, 1.54) is 12.7 Å². The molecule has 0 saturated carbocycles. The standard InChI is InChI=1S/C25H27N7O3S/c1-16-17(6-5-7-26-16)24-28-19(15-35-24)23(33)27-18-14-20-21(29-22(18)31-8-3-2-4-9-31)30-25(36-20)32-10-12-34-13-11-32/h5-7,14-15H,2-4,8-13H2,1H3,(H,27,33). The Morgan fingerprint density at radius 3 is 2.69 bits per heavy atom. The van der Waals surface area contributed by atoms with Crippen LogP contribution in [0.15, 0.2) is 35.1 Å². The normalized spacial score (nSPS) is 16.5. The van der Waals surface area contributed by atoms with Crippen LogP contribution < -0.4 is 15.1 Å². The molecule has 0 aromatic carbocycles. The second kappa shape index (κ2) is 9.82. The fourth-order valence-corrected chi connectivity index (χ4v) is 5.57. The van der Waals surface area contributed by atoms with E-state index in [2.05, 4.69) is 25.1 Å². The van der Waals surface area contributed by atoms with Crippen molar-refractivity contribution in [3.63, 3.8) is 0 Å². The van der Waals surface area contributed by atoms with E-state index >= 15 is 0 Å². The summed E-state index contributed by atoms with van der Waals surface area (Å²) in [5.41, 5.74) is 3.12. The van der Waals surface area contributed by atoms with Gasteiger partial charge in [-0.15, -0.1) is 0 Å². The number of amides is 1. The predicted octanol–water partition coefficient (Wildman–Crippen LogP) is 4.13. The van der Waals surface area contributed by atoms with Gasteiger partial charge in [0.2, 0.25) is 5.89 Å². The van der Waals surface area contributed by atoms with Gasteiger partial charge in [-0.3, -0.25) is 9.78 Å². The lowest BCUT2D eigenvalue weighted by molar-refractivity contribution is 0.102. The van der Waals surface area contributed by atoms with Crippen LogP contribution in [0.25, 0.3) is 21.8 Å². The highest BCUT2D eigenvalue weighted by molar-refractivity contribution is 7.22. The highest BCUT2D eigenvalue weighted by atomic mass is 32.1. The molecular weight excluding hydrogens is 478 g/mol. The first-order valence-corrected chi connectivity index (χ1v) is 13.1. The minimum absolute atomic E-state index is 0.205. The number of pyridine rings is 2. The van der Waals surface area contributed by atoms with Gasteiger partial charge in [0.15, 0.2) is 22.3 Å². The first-order chi connectivity index (χ1) is 17.7. The van der Waals surface area contributed by atoms with Crippen molar-refractivity contribution in [2.75, 3.05) is 54.5 Å². The number of hydrogen-bond acceptors (Lipinski definition) is 10. The van der Waals surface area contributed by atoms with Gasteiger partial charge in [0.25, 0.3) is 5.91 Å². The lowest BCUT2D eigenvalue weighted by atomic mass is 10.1. The number of hydrogen-bond donors (Lipinski definition) is 1. The van der Waals surface area contributed by atoms with Crippen LogP contribution in [0.3, 0.4) is 0 Å². The average molecular weight is 506 g/mol. The smallest absolute Gasteiger partial charge is 0.277 e. The van der Waals surface area contributed by atoms with Crippen LogP contribution in [0, 0.1) is 6.92 Å². The molecule has 4 aromatic rings. The van der Waals surface area contributed by atoms with Gasteiger partial charge in [-0.1, -0.05) is 11.3 Å². The second-order valence-corrected chi connectivity index (χ2v) is 9.96. The van der Waals surface area contributed by atoms with Crippen molar-refractivity contribution in [1.29, 1.82) is 0 Å². The molecule has 0 bridgehead atoms. The first-order valence-electron chi connectivity index (χ1n) is 12.2. The van der Waals surface area contributed by atoms with Crippen LogP contribution >= 0.6 is 11.3 Å². The zero-order valence-electron chi connectivity index (χ0n) is 20.1. The number of nitrogens with one attached hydrogen (secondary N) is 1. The van der Waals surface area contributed by atoms with Crippen molar-refractivity contribution in [3.05, 3.63) is 42.0 Å². The van der Waals surface area contributed by atoms with Crippen molar-refractivity contribution < 1.29 is 13.9 Å². The number of ether oxygens (including phenoxy) is 1. The fraction of sp³-hybridized carbons (Fsp3) is 0.400. The molecule has 11 heteroatoms. The minimum Gasteiger partial charge on any atom is -0.444 e. The van der Waals surface area contributed by atoms with Crippen LogP contribution in [0.2, 0.25) is 0 Å². The molecule has 2 saturated heterocycles. The molecule has 2 aliphatic heterocycles. The summed E-state index contributed by atoms with van der Waals surface area (Å²) in [6, 6.07) is 5.67. The van der Waals surface area contributed by atoms with Gasteiger partial charge in [-0.2, -0.15) is 4.98 Å². The van der Waals surface area contributed by atoms with Gasteiger partial charge < -0.3 is 24.3 Å². The highest BCUT2D eigenvalue weighted by Crippen LogP contribution is 2.35. The second-order valence-electron chi connectivity index (χ2n) is 8.95. The number of aryl methyl sites for hydroxylation is 1. The highest BCUT2D eigenvalue weighted by Gasteiger charge is 2.23. The van der Waals surface area contributed by atoms with Crippen LogP contribution in [0.5, 0.6) is 0 Å². The summed E-state index contributed by atoms with van der Waals surface area (Å²) in [5.74, 6) is 0.776. The molecule has 1 N–H and O–H groups in total. The molecular formula is C25H27N7O3S. The number of fused-ring (bicyclic) bond motifs is 1. The van der Waals surface area contributed by atoms with Gasteiger partial charge in [-0.05, 0) is 44.4 Å². The lowest BCUT2D eigenvalue weighted by Gasteiger charge is -2.29. The number of aromatic nitrogens is 4. The molecule has 0 unspecified atom stereocenters. The number of nitrogens with zero attached hydrogens (tertiary/aromatic N) is 6. The number of anilines is 3. The van der Waals surface area contributed by atoms with E-state index in [0.29, 0.717) is 30.4 Å². The van der Waals surface area contributed by atoms with Crippen LogP contribution in [-0.2, 0) is 4.74 Å². The van der Waals surface area contributed by atoms with Crippen LogP contribution in [0.4, 0.5) is 16.6 Å². The fourth-order valence-electron chi connectivity index (χ4n) is 4.57. The molecule has 2 aliphatic rings. The van der Waals surface area contributed by atoms with Crippen molar-refractivity contribution in [2.45, 2.75) is 26.2 Å². The summed E-state index contributed by atoms with van der Waals surface area (Å²) in [6.07, 6.45) is 6.49. The zero-order chi connectivity index (χ0) is 24.5. The summed E-state index contributed by atoms with van der Waals surface area (Å²) < 4.78 is 12.0. The summed E-state index contributed by atoms with van der Waals surface area (Å²) in [5, 5.41) is 3.98. The molecule has 36 heavy (non-hydrogen) atoms. The maximum Gasteiger partial charge on any atom is 0.277 e. The topological polar surface area (TPSA) is 110 Å². The molecule has 0 radical (unpaired) electrons. The van der Waals surface area contributed by atoms with Crippen molar-refractivity contribution >= 4 is 44.2 Å². The maximum atomic E-state index is 13.2. The van der Waals surface area contributed by atoms with Crippen molar-refractivity contribution in [1.82, 2.24) is 19.9 Å². The largest absolute Gasteiger partial charge is 0.444 e. The molecule has 0 aliphatic carbocycles. The number of rotatable bonds is 5. The van der Waals surface area contributed by atoms with Gasteiger partial charge in [0.1, 0.15) is 6.26 Å². The number of morpholine rings is 1. The molecule has 186 valence electrons. The third-order valence-electron chi connectivity index (χ3n) is 6.51. The molecule has 0 spiro atoms. The van der Waals surface area contributed by atoms with E-state index in [1.807, 2.05) is 25.1 Å². The summed E-state index contributed by atoms with van der Waals surface area (Å²) in [7, 11) is 0. The van der Waals surface area contributed by atoms with E-state index in [4.69, 9.17) is 19.1 Å². The molecule has 6 heterocycles. The molecule has 10 nitrogen and oxygen atoms in total. The third-order valence-corrected chi connectivity index (χ3v) is 7.56. The Balaban J connectivity index is 1.32. The quantitative estimate of drug-likeness (QED) is 0.428. The van der Waals surface area contributed by atoms with E-state index in [1.54, 1.807) is 17.5 Å². The van der Waals surface area contributed by atoms with Gasteiger partial charge in [0.05, 0.1) is 29.2 Å². The number of piperidine rings is 1. The molecule has 1 amide bonds. The van der Waals surface area contributed by atoms with Gasteiger partial charge in [-0.25, -0.2) is 9.97 Å². The van der Waals surface area contributed by atoms with Gasteiger partial charge in [0, 0.05) is 38.1 Å².